The number of amides is 2. The molecule has 2 amide bonds. The van der Waals surface area contributed by atoms with Crippen molar-refractivity contribution in [3.05, 3.63) is 74.8 Å². The first-order valence-corrected chi connectivity index (χ1v) is 9.29. The number of aromatic nitrogens is 1. The maximum Gasteiger partial charge on any atom is 0.324 e. The Balaban J connectivity index is 1.73. The quantitative estimate of drug-likeness (QED) is 0.406. The molecule has 2 N–H and O–H groups in total. The molecule has 0 saturated carbocycles. The number of pyridine rings is 1. The predicted molar refractivity (Wildman–Crippen MR) is 108 cm³/mol. The van der Waals surface area contributed by atoms with Gasteiger partial charge >= 0.3 is 6.03 Å². The van der Waals surface area contributed by atoms with Crippen molar-refractivity contribution in [1.29, 1.82) is 0 Å². The minimum Gasteiger partial charge on any atom is -0.307 e. The zero-order valence-electron chi connectivity index (χ0n) is 13.2. The van der Waals surface area contributed by atoms with Crippen LogP contribution in [-0.2, 0) is 0 Å². The van der Waals surface area contributed by atoms with Crippen LogP contribution in [0.4, 0.5) is 16.3 Å². The molecular formula is C19H11Br2N3O2. The normalized spacial score (nSPS) is 11.7. The highest BCUT2D eigenvalue weighted by Gasteiger charge is 2.30. The molecule has 0 bridgehead atoms. The van der Waals surface area contributed by atoms with Gasteiger partial charge in [0.15, 0.2) is 5.78 Å². The second-order valence-electron chi connectivity index (χ2n) is 5.69. The maximum atomic E-state index is 12.7. The molecule has 1 aliphatic carbocycles. The highest BCUT2D eigenvalue weighted by atomic mass is 79.9. The molecule has 0 radical (unpaired) electrons. The Kier molecular flexibility index (Phi) is 4.34. The topological polar surface area (TPSA) is 71.1 Å². The lowest BCUT2D eigenvalue weighted by Crippen LogP contribution is -2.20. The lowest BCUT2D eigenvalue weighted by Gasteiger charge is -2.12. The fraction of sp³-hybridized carbons (Fsp3) is 0. The molecule has 1 heterocycles. The molecule has 5 nitrogen and oxygen atoms in total. The Hall–Kier alpha value is -2.51. The molecule has 4 rings (SSSR count). The molecule has 0 fully saturated rings. The molecule has 26 heavy (non-hydrogen) atoms. The van der Waals surface area contributed by atoms with Crippen LogP contribution in [0.3, 0.4) is 0 Å². The number of benzene rings is 2. The van der Waals surface area contributed by atoms with Gasteiger partial charge in [0, 0.05) is 31.8 Å². The summed E-state index contributed by atoms with van der Waals surface area (Å²) in [6, 6.07) is 13.9. The SMILES string of the molecule is O=C(Nc1ccccn1)Nc1cc(Br)cc2c1-c1ccc(Br)cc1C2=O. The summed E-state index contributed by atoms with van der Waals surface area (Å²) in [5.74, 6) is 0.378. The van der Waals surface area contributed by atoms with Crippen molar-refractivity contribution in [2.75, 3.05) is 10.6 Å². The predicted octanol–water partition coefficient (Wildman–Crippen LogP) is 5.46. The van der Waals surface area contributed by atoms with Crippen molar-refractivity contribution in [2.24, 2.45) is 0 Å². The summed E-state index contributed by atoms with van der Waals surface area (Å²) in [6.07, 6.45) is 1.60. The van der Waals surface area contributed by atoms with Gasteiger partial charge in [0.05, 0.1) is 5.69 Å². The van der Waals surface area contributed by atoms with Gasteiger partial charge in [-0.25, -0.2) is 9.78 Å². The number of hydrogen-bond acceptors (Lipinski definition) is 3. The minimum atomic E-state index is -0.429. The molecule has 0 spiro atoms. The van der Waals surface area contributed by atoms with E-state index < -0.39 is 6.03 Å². The van der Waals surface area contributed by atoms with E-state index in [0.717, 1.165) is 15.6 Å². The maximum absolute atomic E-state index is 12.7. The van der Waals surface area contributed by atoms with E-state index in [2.05, 4.69) is 47.5 Å². The van der Waals surface area contributed by atoms with Gasteiger partial charge in [0.2, 0.25) is 0 Å². The molecule has 7 heteroatoms. The smallest absolute Gasteiger partial charge is 0.307 e. The number of urea groups is 1. The summed E-state index contributed by atoms with van der Waals surface area (Å²) in [6.45, 7) is 0. The molecule has 2 aromatic carbocycles. The summed E-state index contributed by atoms with van der Waals surface area (Å²) < 4.78 is 1.54. The van der Waals surface area contributed by atoms with Crippen LogP contribution in [0.2, 0.25) is 0 Å². The van der Waals surface area contributed by atoms with Gasteiger partial charge in [0.1, 0.15) is 5.82 Å². The Morgan fingerprint density at radius 1 is 0.885 bits per heavy atom. The number of hydrogen-bond donors (Lipinski definition) is 2. The van der Waals surface area contributed by atoms with Gasteiger partial charge in [-0.3, -0.25) is 10.1 Å². The van der Waals surface area contributed by atoms with Gasteiger partial charge < -0.3 is 5.32 Å². The second-order valence-corrected chi connectivity index (χ2v) is 7.52. The molecular weight excluding hydrogens is 462 g/mol. The first kappa shape index (κ1) is 16.9. The third-order valence-electron chi connectivity index (χ3n) is 4.00. The van der Waals surface area contributed by atoms with Crippen LogP contribution in [0.1, 0.15) is 15.9 Å². The van der Waals surface area contributed by atoms with Crippen LogP contribution in [0.5, 0.6) is 0 Å². The van der Waals surface area contributed by atoms with Gasteiger partial charge in [-0.1, -0.05) is 44.0 Å². The summed E-state index contributed by atoms with van der Waals surface area (Å²) in [5, 5.41) is 5.50. The largest absolute Gasteiger partial charge is 0.324 e. The van der Waals surface area contributed by atoms with E-state index in [1.165, 1.54) is 0 Å². The number of anilines is 2. The first-order valence-electron chi connectivity index (χ1n) is 7.70. The molecule has 0 aliphatic heterocycles. The van der Waals surface area contributed by atoms with Crippen LogP contribution in [-0.4, -0.2) is 16.8 Å². The van der Waals surface area contributed by atoms with Crippen molar-refractivity contribution in [2.45, 2.75) is 0 Å². The average Bonchev–Trinajstić information content (AvgIpc) is 2.88. The zero-order valence-corrected chi connectivity index (χ0v) is 16.4. The Labute approximate surface area is 166 Å². The zero-order chi connectivity index (χ0) is 18.3. The van der Waals surface area contributed by atoms with Crippen molar-refractivity contribution in [1.82, 2.24) is 4.98 Å². The van der Waals surface area contributed by atoms with Gasteiger partial charge in [0.25, 0.3) is 0 Å². The number of carbonyl (C=O) groups excluding carboxylic acids is 2. The summed E-state index contributed by atoms with van der Waals surface area (Å²) in [7, 11) is 0. The van der Waals surface area contributed by atoms with Crippen LogP contribution < -0.4 is 10.6 Å². The van der Waals surface area contributed by atoms with E-state index >= 15 is 0 Å². The molecule has 0 atom stereocenters. The average molecular weight is 473 g/mol. The number of rotatable bonds is 2. The highest BCUT2D eigenvalue weighted by molar-refractivity contribution is 9.10. The van der Waals surface area contributed by atoms with Crippen molar-refractivity contribution >= 4 is 55.2 Å². The second kappa shape index (κ2) is 6.66. The van der Waals surface area contributed by atoms with E-state index in [1.54, 1.807) is 42.6 Å². The van der Waals surface area contributed by atoms with Gasteiger partial charge in [-0.05, 0) is 42.0 Å². The van der Waals surface area contributed by atoms with Crippen LogP contribution in [0.25, 0.3) is 11.1 Å². The van der Waals surface area contributed by atoms with E-state index in [4.69, 9.17) is 0 Å². The lowest BCUT2D eigenvalue weighted by atomic mass is 10.0. The minimum absolute atomic E-state index is 0.0641. The summed E-state index contributed by atoms with van der Waals surface area (Å²) in [4.78, 5) is 29.2. The van der Waals surface area contributed by atoms with Crippen molar-refractivity contribution < 1.29 is 9.59 Å². The fourth-order valence-corrected chi connectivity index (χ4v) is 3.77. The third kappa shape index (κ3) is 3.04. The summed E-state index contributed by atoms with van der Waals surface area (Å²) >= 11 is 6.81. The number of carbonyl (C=O) groups is 2. The summed E-state index contributed by atoms with van der Waals surface area (Å²) in [5.41, 5.74) is 3.24. The van der Waals surface area contributed by atoms with Crippen LogP contribution in [0.15, 0.2) is 63.7 Å². The Bertz CT molecular complexity index is 1050. The van der Waals surface area contributed by atoms with Gasteiger partial charge in [-0.15, -0.1) is 0 Å². The highest BCUT2D eigenvalue weighted by Crippen LogP contribution is 2.43. The number of nitrogens with zero attached hydrogens (tertiary/aromatic N) is 1. The Morgan fingerprint density at radius 3 is 2.46 bits per heavy atom. The van der Waals surface area contributed by atoms with Crippen molar-refractivity contribution in [3.8, 4) is 11.1 Å². The third-order valence-corrected chi connectivity index (χ3v) is 4.95. The lowest BCUT2D eigenvalue weighted by molar-refractivity contribution is 0.104. The number of halogens is 2. The molecule has 3 aromatic rings. The first-order chi connectivity index (χ1) is 12.5. The number of nitrogens with one attached hydrogen (secondary N) is 2. The van der Waals surface area contributed by atoms with E-state index in [0.29, 0.717) is 27.1 Å². The molecule has 0 saturated heterocycles. The molecule has 1 aromatic heterocycles. The van der Waals surface area contributed by atoms with Crippen molar-refractivity contribution in [3.63, 3.8) is 0 Å². The molecule has 1 aliphatic rings. The fourth-order valence-electron chi connectivity index (χ4n) is 2.95. The van der Waals surface area contributed by atoms with E-state index in [1.807, 2.05) is 12.1 Å². The Morgan fingerprint density at radius 2 is 1.69 bits per heavy atom. The van der Waals surface area contributed by atoms with Crippen LogP contribution in [0, 0.1) is 0 Å². The van der Waals surface area contributed by atoms with Gasteiger partial charge in [-0.2, -0.15) is 0 Å². The standard InChI is InChI=1S/C19H11Br2N3O2/c20-10-4-5-12-13(7-10)18(25)14-8-11(21)9-15(17(12)14)23-19(26)24-16-3-1-2-6-22-16/h1-9H,(H2,22,23,24,26). The number of fused-ring (bicyclic) bond motifs is 3. The molecule has 128 valence electrons. The molecule has 0 unspecified atom stereocenters. The van der Waals surface area contributed by atoms with E-state index in [-0.39, 0.29) is 5.78 Å². The number of ketones is 1. The van der Waals surface area contributed by atoms with Crippen LogP contribution >= 0.6 is 31.9 Å². The monoisotopic (exact) mass is 471 g/mol. The van der Waals surface area contributed by atoms with E-state index in [9.17, 15) is 9.59 Å².